The van der Waals surface area contributed by atoms with Crippen LogP contribution in [0, 0.1) is 17.1 Å². The smallest absolute Gasteiger partial charge is 0.294 e. The molecule has 9 heteroatoms. The van der Waals surface area contributed by atoms with Crippen molar-refractivity contribution in [3.05, 3.63) is 83.2 Å². The average Bonchev–Trinajstić information content (AvgIpc) is 2.74. The highest BCUT2D eigenvalue weighted by molar-refractivity contribution is 7.85. The van der Waals surface area contributed by atoms with Crippen molar-refractivity contribution in [2.24, 2.45) is 5.73 Å². The number of halogens is 1. The van der Waals surface area contributed by atoms with Gasteiger partial charge in [0.1, 0.15) is 13.0 Å². The Kier molecular flexibility index (Phi) is 7.20. The largest absolute Gasteiger partial charge is 0.319 e. The summed E-state index contributed by atoms with van der Waals surface area (Å²) in [4.78, 5) is -0.208. The molecule has 3 N–H and O–H groups in total. The summed E-state index contributed by atoms with van der Waals surface area (Å²) in [6.45, 7) is 3.33. The standard InChI is InChI=1S/C24H24FN2O4PS/c1-32(2,28)21-7-10-23(17-5-6-18(24(25)14-17)12-20(27)15-26)19(13-21)11-16-3-8-22(9-4-16)33(29,30)31/h3-10,13-14,20H,11-12,27H2,1-2H3,(H,29,30,31)/t20-/m0/s1. The molecule has 0 spiro atoms. The summed E-state index contributed by atoms with van der Waals surface area (Å²) < 4.78 is 59.2. The van der Waals surface area contributed by atoms with Crippen LogP contribution in [0.3, 0.4) is 0 Å². The SMILES string of the molecule is CP(C)(=O)c1ccc(-c2ccc(C[C@H](N)C#N)c(F)c2)c(Cc2ccc(S(=O)(=O)O)cc2)c1. The minimum Gasteiger partial charge on any atom is -0.319 e. The van der Waals surface area contributed by atoms with Gasteiger partial charge in [-0.1, -0.05) is 36.4 Å². The molecule has 0 fully saturated rings. The molecule has 0 aliphatic rings. The molecule has 0 aliphatic carbocycles. The van der Waals surface area contributed by atoms with Crippen molar-refractivity contribution >= 4 is 22.6 Å². The Morgan fingerprint density at radius 1 is 1.06 bits per heavy atom. The van der Waals surface area contributed by atoms with Gasteiger partial charge in [0.2, 0.25) is 0 Å². The topological polar surface area (TPSA) is 121 Å². The summed E-state index contributed by atoms with van der Waals surface area (Å²) in [7, 11) is -6.86. The molecule has 0 aliphatic heterocycles. The monoisotopic (exact) mass is 486 g/mol. The maximum Gasteiger partial charge on any atom is 0.294 e. The van der Waals surface area contributed by atoms with Gasteiger partial charge in [0, 0.05) is 11.7 Å². The van der Waals surface area contributed by atoms with E-state index in [-0.39, 0.29) is 11.3 Å². The zero-order valence-electron chi connectivity index (χ0n) is 18.2. The lowest BCUT2D eigenvalue weighted by molar-refractivity contribution is 0.483. The average molecular weight is 487 g/mol. The van der Waals surface area contributed by atoms with Gasteiger partial charge in [0.25, 0.3) is 10.1 Å². The number of nitriles is 1. The molecule has 0 heterocycles. The second-order valence-corrected chi connectivity index (χ2v) is 12.9. The third kappa shape index (κ3) is 6.16. The van der Waals surface area contributed by atoms with E-state index in [4.69, 9.17) is 11.0 Å². The zero-order chi connectivity index (χ0) is 24.4. The molecule has 0 unspecified atom stereocenters. The lowest BCUT2D eigenvalue weighted by Crippen LogP contribution is -2.20. The van der Waals surface area contributed by atoms with Crippen molar-refractivity contribution in [3.63, 3.8) is 0 Å². The van der Waals surface area contributed by atoms with Gasteiger partial charge in [-0.25, -0.2) is 4.39 Å². The van der Waals surface area contributed by atoms with E-state index < -0.39 is 29.1 Å². The molecular formula is C24H24FN2O4PS. The Morgan fingerprint density at radius 3 is 2.27 bits per heavy atom. The Hall–Kier alpha value is -2.82. The number of benzene rings is 3. The van der Waals surface area contributed by atoms with E-state index in [1.807, 2.05) is 12.1 Å². The third-order valence-electron chi connectivity index (χ3n) is 5.30. The fourth-order valence-corrected chi connectivity index (χ4v) is 4.89. The summed E-state index contributed by atoms with van der Waals surface area (Å²) in [6, 6.07) is 17.0. The second-order valence-electron chi connectivity index (χ2n) is 8.23. The minimum atomic E-state index is -4.30. The fourth-order valence-electron chi connectivity index (χ4n) is 3.51. The van der Waals surface area contributed by atoms with Crippen molar-refractivity contribution < 1.29 is 21.9 Å². The van der Waals surface area contributed by atoms with Gasteiger partial charge >= 0.3 is 0 Å². The van der Waals surface area contributed by atoms with Crippen LogP contribution in [-0.4, -0.2) is 32.3 Å². The van der Waals surface area contributed by atoms with Crippen molar-refractivity contribution in [1.82, 2.24) is 0 Å². The molecule has 6 nitrogen and oxygen atoms in total. The molecule has 0 saturated heterocycles. The van der Waals surface area contributed by atoms with E-state index in [0.29, 0.717) is 22.9 Å². The van der Waals surface area contributed by atoms with Crippen molar-refractivity contribution in [2.75, 3.05) is 13.3 Å². The van der Waals surface area contributed by atoms with Gasteiger partial charge in [-0.3, -0.25) is 4.55 Å². The van der Waals surface area contributed by atoms with Gasteiger partial charge in [-0.15, -0.1) is 0 Å². The van der Waals surface area contributed by atoms with Gasteiger partial charge in [-0.05, 0) is 71.8 Å². The molecule has 0 bridgehead atoms. The molecule has 33 heavy (non-hydrogen) atoms. The lowest BCUT2D eigenvalue weighted by atomic mass is 9.93. The first kappa shape index (κ1) is 24.8. The highest BCUT2D eigenvalue weighted by atomic mass is 32.2. The molecule has 0 radical (unpaired) electrons. The van der Waals surface area contributed by atoms with E-state index in [1.54, 1.807) is 49.7 Å². The predicted molar refractivity (Wildman–Crippen MR) is 127 cm³/mol. The minimum absolute atomic E-state index is 0.101. The normalized spacial score (nSPS) is 12.8. The number of hydrogen-bond acceptors (Lipinski definition) is 5. The quantitative estimate of drug-likeness (QED) is 0.385. The number of rotatable bonds is 7. The number of hydrogen-bond donors (Lipinski definition) is 2. The first-order valence-corrected chi connectivity index (χ1v) is 14.1. The van der Waals surface area contributed by atoms with Crippen LogP contribution in [0.5, 0.6) is 0 Å². The van der Waals surface area contributed by atoms with Crippen LogP contribution in [0.15, 0.2) is 65.6 Å². The van der Waals surface area contributed by atoms with Crippen molar-refractivity contribution in [2.45, 2.75) is 23.8 Å². The van der Waals surface area contributed by atoms with E-state index >= 15 is 0 Å². The predicted octanol–water partition coefficient (Wildman–Crippen LogP) is 3.97. The van der Waals surface area contributed by atoms with Crippen molar-refractivity contribution in [1.29, 1.82) is 5.26 Å². The first-order valence-electron chi connectivity index (χ1n) is 10.1. The third-order valence-corrected chi connectivity index (χ3v) is 7.69. The summed E-state index contributed by atoms with van der Waals surface area (Å²) in [5, 5.41) is 9.56. The Labute approximate surface area is 193 Å². The summed E-state index contributed by atoms with van der Waals surface area (Å²) in [5.41, 5.74) is 8.87. The molecule has 3 rings (SSSR count). The highest BCUT2D eigenvalue weighted by Gasteiger charge is 2.17. The maximum atomic E-state index is 14.7. The maximum absolute atomic E-state index is 14.7. The molecule has 3 aromatic carbocycles. The van der Waals surface area contributed by atoms with Gasteiger partial charge in [0.05, 0.1) is 17.0 Å². The fraction of sp³-hybridized carbons (Fsp3) is 0.208. The molecule has 0 aromatic heterocycles. The highest BCUT2D eigenvalue weighted by Crippen LogP contribution is 2.37. The van der Waals surface area contributed by atoms with Crippen molar-refractivity contribution in [3.8, 4) is 17.2 Å². The van der Waals surface area contributed by atoms with Crippen LogP contribution in [0.25, 0.3) is 11.1 Å². The van der Waals surface area contributed by atoms with E-state index in [0.717, 1.165) is 16.7 Å². The van der Waals surface area contributed by atoms with E-state index in [2.05, 4.69) is 0 Å². The van der Waals surface area contributed by atoms with Crippen LogP contribution in [0.4, 0.5) is 4.39 Å². The zero-order valence-corrected chi connectivity index (χ0v) is 19.9. The molecular weight excluding hydrogens is 462 g/mol. The number of nitrogens with zero attached hydrogens (tertiary/aromatic N) is 1. The molecule has 172 valence electrons. The lowest BCUT2D eigenvalue weighted by Gasteiger charge is -2.16. The summed E-state index contributed by atoms with van der Waals surface area (Å²) >= 11 is 0. The van der Waals surface area contributed by atoms with Crippen LogP contribution in [0.2, 0.25) is 0 Å². The van der Waals surface area contributed by atoms with E-state index in [9.17, 15) is 21.9 Å². The Bertz CT molecular complexity index is 1380. The number of nitrogens with two attached hydrogens (primary N) is 1. The van der Waals surface area contributed by atoms with Crippen LogP contribution < -0.4 is 11.0 Å². The van der Waals surface area contributed by atoms with E-state index in [1.165, 1.54) is 18.2 Å². The van der Waals surface area contributed by atoms with Crippen LogP contribution in [-0.2, 0) is 27.5 Å². The van der Waals surface area contributed by atoms with Crippen LogP contribution in [0.1, 0.15) is 16.7 Å². The molecule has 1 atom stereocenters. The molecule has 0 saturated carbocycles. The van der Waals surface area contributed by atoms with Gasteiger partial charge < -0.3 is 10.3 Å². The molecule has 3 aromatic rings. The second kappa shape index (κ2) is 9.58. The Balaban J connectivity index is 2.05. The summed E-state index contributed by atoms with van der Waals surface area (Å²) in [5.74, 6) is -0.470. The van der Waals surface area contributed by atoms with Crippen LogP contribution >= 0.6 is 7.14 Å². The van der Waals surface area contributed by atoms with Gasteiger partial charge in [-0.2, -0.15) is 13.7 Å². The first-order chi connectivity index (χ1) is 15.4. The summed E-state index contributed by atoms with van der Waals surface area (Å²) in [6.07, 6.45) is 0.473. The Morgan fingerprint density at radius 2 is 1.73 bits per heavy atom. The van der Waals surface area contributed by atoms with Gasteiger partial charge in [0.15, 0.2) is 0 Å². The molecule has 0 amide bonds.